The fraction of sp³-hybridized carbons (Fsp3) is 0.300. The molecule has 74 valence electrons. The fourth-order valence-corrected chi connectivity index (χ4v) is 1.85. The van der Waals surface area contributed by atoms with E-state index in [1.807, 2.05) is 22.9 Å². The van der Waals surface area contributed by atoms with Crippen molar-refractivity contribution in [3.63, 3.8) is 0 Å². The Kier molecular flexibility index (Phi) is 2.11. The summed E-state index contributed by atoms with van der Waals surface area (Å²) < 4.78 is 1.88. The van der Waals surface area contributed by atoms with Gasteiger partial charge in [0.25, 0.3) is 0 Å². The highest BCUT2D eigenvalue weighted by Gasteiger charge is 2.12. The summed E-state index contributed by atoms with van der Waals surface area (Å²) in [4.78, 5) is 0. The number of hydrogen-bond donors (Lipinski definition) is 1. The van der Waals surface area contributed by atoms with Crippen molar-refractivity contribution in [2.45, 2.75) is 19.9 Å². The normalized spacial score (nSPS) is 11.4. The van der Waals surface area contributed by atoms with Crippen LogP contribution in [0.4, 0.5) is 5.69 Å². The van der Waals surface area contributed by atoms with E-state index in [-0.39, 0.29) is 6.04 Å². The minimum Gasteiger partial charge on any atom is -0.398 e. The van der Waals surface area contributed by atoms with Crippen molar-refractivity contribution in [1.29, 1.82) is 0 Å². The number of benzene rings is 1. The fourth-order valence-electron chi connectivity index (χ4n) is 1.57. The summed E-state index contributed by atoms with van der Waals surface area (Å²) in [5.41, 5.74) is 7.50. The first-order chi connectivity index (χ1) is 6.61. The van der Waals surface area contributed by atoms with Gasteiger partial charge in [-0.1, -0.05) is 17.7 Å². The van der Waals surface area contributed by atoms with Crippen LogP contribution in [-0.4, -0.2) is 9.78 Å². The second-order valence-electron chi connectivity index (χ2n) is 3.57. The Bertz CT molecular complexity index is 473. The Labute approximate surface area is 87.5 Å². The first-order valence-corrected chi connectivity index (χ1v) is 4.91. The zero-order valence-electron chi connectivity index (χ0n) is 8.16. The lowest BCUT2D eigenvalue weighted by Gasteiger charge is -2.06. The van der Waals surface area contributed by atoms with Gasteiger partial charge in [-0.3, -0.25) is 4.68 Å². The Hall–Kier alpha value is -1.22. The second-order valence-corrected chi connectivity index (χ2v) is 3.93. The molecular weight excluding hydrogens is 198 g/mol. The standard InChI is InChI=1S/C10H12ClN3/c1-6(2)14-8-5-3-4-7(12)9(8)10(11)13-14/h3-6H,12H2,1-2H3. The summed E-state index contributed by atoms with van der Waals surface area (Å²) in [6.45, 7) is 4.12. The number of nitrogens with two attached hydrogens (primary N) is 1. The molecule has 4 heteroatoms. The van der Waals surface area contributed by atoms with Crippen LogP contribution < -0.4 is 5.73 Å². The third kappa shape index (κ3) is 1.24. The van der Waals surface area contributed by atoms with Crippen molar-refractivity contribution < 1.29 is 0 Å². The van der Waals surface area contributed by atoms with Gasteiger partial charge in [0, 0.05) is 11.7 Å². The lowest BCUT2D eigenvalue weighted by atomic mass is 10.2. The summed E-state index contributed by atoms with van der Waals surface area (Å²) in [6, 6.07) is 6.01. The molecular formula is C10H12ClN3. The molecule has 0 amide bonds. The summed E-state index contributed by atoms with van der Waals surface area (Å²) in [5.74, 6) is 0. The van der Waals surface area contributed by atoms with E-state index in [9.17, 15) is 0 Å². The zero-order valence-corrected chi connectivity index (χ0v) is 8.92. The molecule has 0 aliphatic carbocycles. The molecule has 1 heterocycles. The zero-order chi connectivity index (χ0) is 10.3. The van der Waals surface area contributed by atoms with Gasteiger partial charge in [0.1, 0.15) is 0 Å². The van der Waals surface area contributed by atoms with Gasteiger partial charge >= 0.3 is 0 Å². The predicted molar refractivity (Wildman–Crippen MR) is 59.5 cm³/mol. The highest BCUT2D eigenvalue weighted by Crippen LogP contribution is 2.29. The van der Waals surface area contributed by atoms with Crippen LogP contribution in [0.5, 0.6) is 0 Å². The first kappa shape index (κ1) is 9.34. The van der Waals surface area contributed by atoms with Crippen molar-refractivity contribution in [2.75, 3.05) is 5.73 Å². The maximum Gasteiger partial charge on any atom is 0.161 e. The SMILES string of the molecule is CC(C)n1nc(Cl)c2c(N)cccc21. The Morgan fingerprint density at radius 2 is 2.14 bits per heavy atom. The molecule has 1 aromatic carbocycles. The molecule has 0 fully saturated rings. The molecule has 0 spiro atoms. The maximum atomic E-state index is 6.02. The second kappa shape index (κ2) is 3.17. The maximum absolute atomic E-state index is 6.02. The van der Waals surface area contributed by atoms with Crippen LogP contribution in [0.15, 0.2) is 18.2 Å². The summed E-state index contributed by atoms with van der Waals surface area (Å²) in [6.07, 6.45) is 0. The molecule has 1 aromatic heterocycles. The predicted octanol–water partition coefficient (Wildman–Crippen LogP) is 2.85. The smallest absolute Gasteiger partial charge is 0.161 e. The van der Waals surface area contributed by atoms with E-state index in [1.54, 1.807) is 0 Å². The molecule has 2 aromatic rings. The topological polar surface area (TPSA) is 43.8 Å². The molecule has 2 rings (SSSR count). The van der Waals surface area contributed by atoms with Crippen molar-refractivity contribution in [1.82, 2.24) is 9.78 Å². The molecule has 0 saturated heterocycles. The quantitative estimate of drug-likeness (QED) is 0.734. The first-order valence-electron chi connectivity index (χ1n) is 4.53. The van der Waals surface area contributed by atoms with Crippen molar-refractivity contribution in [3.8, 4) is 0 Å². The van der Waals surface area contributed by atoms with Crippen LogP contribution in [0, 0.1) is 0 Å². The molecule has 0 aliphatic rings. The highest BCUT2D eigenvalue weighted by atomic mass is 35.5. The number of rotatable bonds is 1. The summed E-state index contributed by atoms with van der Waals surface area (Å²) >= 11 is 6.02. The minimum atomic E-state index is 0.284. The van der Waals surface area contributed by atoms with Gasteiger partial charge in [-0.2, -0.15) is 5.10 Å². The number of hydrogen-bond acceptors (Lipinski definition) is 2. The Morgan fingerprint density at radius 1 is 1.43 bits per heavy atom. The number of anilines is 1. The lowest BCUT2D eigenvalue weighted by molar-refractivity contribution is 0.551. The Balaban J connectivity index is 2.84. The average Bonchev–Trinajstić information content (AvgIpc) is 2.45. The Morgan fingerprint density at radius 3 is 2.79 bits per heavy atom. The minimum absolute atomic E-state index is 0.284. The van der Waals surface area contributed by atoms with Gasteiger partial charge in [-0.05, 0) is 26.0 Å². The van der Waals surface area contributed by atoms with Crippen molar-refractivity contribution >= 4 is 28.2 Å². The third-order valence-electron chi connectivity index (χ3n) is 2.21. The molecule has 0 atom stereocenters. The van der Waals surface area contributed by atoms with Gasteiger partial charge in [0.15, 0.2) is 5.15 Å². The van der Waals surface area contributed by atoms with Gasteiger partial charge in [-0.25, -0.2) is 0 Å². The van der Waals surface area contributed by atoms with E-state index in [2.05, 4.69) is 18.9 Å². The van der Waals surface area contributed by atoms with Crippen molar-refractivity contribution in [2.24, 2.45) is 0 Å². The van der Waals surface area contributed by atoms with E-state index in [1.165, 1.54) is 0 Å². The molecule has 0 unspecified atom stereocenters. The molecule has 0 aliphatic heterocycles. The van der Waals surface area contributed by atoms with Crippen LogP contribution in [0.25, 0.3) is 10.9 Å². The molecule has 0 radical (unpaired) electrons. The highest BCUT2D eigenvalue weighted by molar-refractivity contribution is 6.35. The van der Waals surface area contributed by atoms with E-state index in [0.717, 1.165) is 10.9 Å². The van der Waals surface area contributed by atoms with E-state index in [4.69, 9.17) is 17.3 Å². The summed E-state index contributed by atoms with van der Waals surface area (Å²) in [7, 11) is 0. The van der Waals surface area contributed by atoms with Crippen LogP contribution in [0.3, 0.4) is 0 Å². The molecule has 3 nitrogen and oxygen atoms in total. The van der Waals surface area contributed by atoms with Crippen LogP contribution in [0.1, 0.15) is 19.9 Å². The average molecular weight is 210 g/mol. The molecule has 0 saturated carbocycles. The third-order valence-corrected chi connectivity index (χ3v) is 2.48. The van der Waals surface area contributed by atoms with Gasteiger partial charge in [-0.15, -0.1) is 0 Å². The molecule has 2 N–H and O–H groups in total. The summed E-state index contributed by atoms with van der Waals surface area (Å²) in [5, 5.41) is 5.58. The lowest BCUT2D eigenvalue weighted by Crippen LogP contribution is -2.02. The number of halogens is 1. The van der Waals surface area contributed by atoms with Crippen LogP contribution in [0.2, 0.25) is 5.15 Å². The van der Waals surface area contributed by atoms with Gasteiger partial charge in [0.2, 0.25) is 0 Å². The number of fused-ring (bicyclic) bond motifs is 1. The van der Waals surface area contributed by atoms with Gasteiger partial charge < -0.3 is 5.73 Å². The number of nitrogens with zero attached hydrogens (tertiary/aromatic N) is 2. The van der Waals surface area contributed by atoms with E-state index in [0.29, 0.717) is 10.8 Å². The molecule has 0 bridgehead atoms. The van der Waals surface area contributed by atoms with E-state index < -0.39 is 0 Å². The van der Waals surface area contributed by atoms with Crippen LogP contribution >= 0.6 is 11.6 Å². The van der Waals surface area contributed by atoms with Crippen molar-refractivity contribution in [3.05, 3.63) is 23.4 Å². The van der Waals surface area contributed by atoms with Crippen LogP contribution in [-0.2, 0) is 0 Å². The van der Waals surface area contributed by atoms with Gasteiger partial charge in [0.05, 0.1) is 10.9 Å². The number of nitrogen functional groups attached to an aromatic ring is 1. The van der Waals surface area contributed by atoms with E-state index >= 15 is 0 Å². The largest absolute Gasteiger partial charge is 0.398 e. The monoisotopic (exact) mass is 209 g/mol. The number of aromatic nitrogens is 2. The molecule has 14 heavy (non-hydrogen) atoms.